The highest BCUT2D eigenvalue weighted by Gasteiger charge is 2.57. The number of sulfone groups is 1. The molecule has 0 spiro atoms. The lowest BCUT2D eigenvalue weighted by Crippen LogP contribution is -2.49. The van der Waals surface area contributed by atoms with Crippen molar-refractivity contribution in [2.45, 2.75) is 17.7 Å². The Morgan fingerprint density at radius 3 is 2.65 bits per heavy atom. The summed E-state index contributed by atoms with van der Waals surface area (Å²) < 4.78 is 29.8. The Labute approximate surface area is 128 Å². The zero-order valence-corrected chi connectivity index (χ0v) is 13.6. The molecule has 0 unspecified atom stereocenters. The second kappa shape index (κ2) is 4.61. The zero-order chi connectivity index (χ0) is 14.5. The lowest BCUT2D eigenvalue weighted by atomic mass is 9.99. The van der Waals surface area contributed by atoms with Gasteiger partial charge in [-0.05, 0) is 31.2 Å². The molecular formula is C13H15NO3S3. The third-order valence-corrected chi connectivity index (χ3v) is 7.77. The van der Waals surface area contributed by atoms with Crippen LogP contribution in [0.15, 0.2) is 24.3 Å². The van der Waals surface area contributed by atoms with E-state index in [-0.39, 0.29) is 16.8 Å². The largest absolute Gasteiger partial charge is 0.497 e. The molecule has 7 heteroatoms. The second-order valence-electron chi connectivity index (χ2n) is 5.32. The van der Waals surface area contributed by atoms with Gasteiger partial charge < -0.3 is 9.64 Å². The third kappa shape index (κ3) is 2.12. The van der Waals surface area contributed by atoms with Gasteiger partial charge in [-0.3, -0.25) is 0 Å². The first-order valence-corrected chi connectivity index (χ1v) is 9.32. The molecule has 0 bridgehead atoms. The predicted molar refractivity (Wildman–Crippen MR) is 86.5 cm³/mol. The Morgan fingerprint density at radius 2 is 2.05 bits per heavy atom. The molecular weight excluding hydrogens is 314 g/mol. The Bertz CT molecular complexity index is 656. The molecule has 2 aliphatic rings. The molecule has 0 radical (unpaired) electrons. The van der Waals surface area contributed by atoms with E-state index >= 15 is 0 Å². The smallest absolute Gasteiger partial charge is 0.153 e. The van der Waals surface area contributed by atoms with Gasteiger partial charge in [-0.25, -0.2) is 8.42 Å². The number of hydrogen-bond acceptors (Lipinski definition) is 5. The van der Waals surface area contributed by atoms with E-state index in [0.29, 0.717) is 0 Å². The van der Waals surface area contributed by atoms with E-state index in [1.165, 1.54) is 11.8 Å². The first-order valence-electron chi connectivity index (χ1n) is 6.21. The second-order valence-corrected chi connectivity index (χ2v) is 9.26. The van der Waals surface area contributed by atoms with Crippen molar-refractivity contribution in [1.29, 1.82) is 0 Å². The molecule has 1 aromatic carbocycles. The summed E-state index contributed by atoms with van der Waals surface area (Å²) >= 11 is 6.94. The highest BCUT2D eigenvalue weighted by Crippen LogP contribution is 2.48. The molecule has 20 heavy (non-hydrogen) atoms. The molecule has 0 N–H and O–H groups in total. The summed E-state index contributed by atoms with van der Waals surface area (Å²) in [4.78, 5) is 1.99. The Kier molecular flexibility index (Phi) is 3.26. The van der Waals surface area contributed by atoms with Crippen LogP contribution in [0, 0.1) is 0 Å². The Morgan fingerprint density at radius 1 is 1.40 bits per heavy atom. The molecule has 3 rings (SSSR count). The number of anilines is 1. The van der Waals surface area contributed by atoms with Crippen molar-refractivity contribution < 1.29 is 13.2 Å². The summed E-state index contributed by atoms with van der Waals surface area (Å²) in [6.45, 7) is 1.98. The van der Waals surface area contributed by atoms with Gasteiger partial charge in [0.25, 0.3) is 0 Å². The van der Waals surface area contributed by atoms with Gasteiger partial charge in [-0.1, -0.05) is 24.0 Å². The fourth-order valence-electron chi connectivity index (χ4n) is 2.89. The molecule has 0 saturated carbocycles. The van der Waals surface area contributed by atoms with Gasteiger partial charge in [0.15, 0.2) is 9.84 Å². The normalized spacial score (nSPS) is 31.4. The number of nitrogens with zero attached hydrogens (tertiary/aromatic N) is 1. The number of ether oxygens (including phenoxy) is 1. The lowest BCUT2D eigenvalue weighted by molar-refractivity contribution is 0.414. The van der Waals surface area contributed by atoms with Crippen LogP contribution < -0.4 is 9.64 Å². The first-order chi connectivity index (χ1) is 9.36. The van der Waals surface area contributed by atoms with Gasteiger partial charge in [0.2, 0.25) is 0 Å². The number of thioether (sulfide) groups is 1. The van der Waals surface area contributed by atoms with E-state index in [1.54, 1.807) is 7.11 Å². The molecule has 4 nitrogen and oxygen atoms in total. The number of benzene rings is 1. The maximum absolute atomic E-state index is 11.9. The van der Waals surface area contributed by atoms with E-state index < -0.39 is 15.4 Å². The van der Waals surface area contributed by atoms with Crippen molar-refractivity contribution in [3.8, 4) is 5.75 Å². The topological polar surface area (TPSA) is 46.6 Å². The minimum atomic E-state index is -2.99. The van der Waals surface area contributed by atoms with Crippen LogP contribution in [0.3, 0.4) is 0 Å². The van der Waals surface area contributed by atoms with Crippen LogP contribution in [-0.4, -0.2) is 42.1 Å². The maximum Gasteiger partial charge on any atom is 0.153 e. The van der Waals surface area contributed by atoms with E-state index in [0.717, 1.165) is 15.8 Å². The van der Waals surface area contributed by atoms with Gasteiger partial charge in [0.1, 0.15) is 10.1 Å². The molecule has 0 amide bonds. The Hall–Kier alpha value is -0.790. The molecule has 0 aromatic heterocycles. The van der Waals surface area contributed by atoms with Crippen LogP contribution in [-0.2, 0) is 9.84 Å². The third-order valence-electron chi connectivity index (χ3n) is 3.88. The van der Waals surface area contributed by atoms with Crippen molar-refractivity contribution in [2.75, 3.05) is 23.5 Å². The minimum Gasteiger partial charge on any atom is -0.497 e. The van der Waals surface area contributed by atoms with Crippen molar-refractivity contribution in [3.05, 3.63) is 24.3 Å². The molecule has 1 aromatic rings. The average Bonchev–Trinajstić information content (AvgIpc) is 2.72. The summed E-state index contributed by atoms with van der Waals surface area (Å²) in [7, 11) is -1.37. The van der Waals surface area contributed by atoms with Crippen molar-refractivity contribution in [2.24, 2.45) is 0 Å². The van der Waals surface area contributed by atoms with Crippen molar-refractivity contribution in [3.63, 3.8) is 0 Å². The van der Waals surface area contributed by atoms with Crippen molar-refractivity contribution >= 4 is 43.8 Å². The SMILES string of the molecule is COc1ccc(N2C(=S)S[C@@H]3CS(=O)(=O)C[C@]32C)cc1. The molecule has 2 fully saturated rings. The monoisotopic (exact) mass is 329 g/mol. The van der Waals surface area contributed by atoms with Gasteiger partial charge in [0.05, 0.1) is 29.4 Å². The molecule has 2 heterocycles. The lowest BCUT2D eigenvalue weighted by Gasteiger charge is -2.34. The van der Waals surface area contributed by atoms with Crippen LogP contribution in [0.5, 0.6) is 5.75 Å². The van der Waals surface area contributed by atoms with Crippen LogP contribution in [0.1, 0.15) is 6.92 Å². The first kappa shape index (κ1) is 14.2. The summed E-state index contributed by atoms with van der Waals surface area (Å²) in [6.07, 6.45) is 0. The summed E-state index contributed by atoms with van der Waals surface area (Å²) in [5.41, 5.74) is 0.472. The van der Waals surface area contributed by atoms with Gasteiger partial charge in [0, 0.05) is 5.69 Å². The average molecular weight is 329 g/mol. The number of methoxy groups -OCH3 is 1. The van der Waals surface area contributed by atoms with Crippen LogP contribution in [0.25, 0.3) is 0 Å². The maximum atomic E-state index is 11.9. The molecule has 2 aliphatic heterocycles. The van der Waals surface area contributed by atoms with Crippen molar-refractivity contribution in [1.82, 2.24) is 0 Å². The Balaban J connectivity index is 2.01. The standard InChI is InChI=1S/C13H15NO3S3/c1-13-8-20(15,16)7-11(13)19-12(18)14(13)9-3-5-10(17-2)6-4-9/h3-6,11H,7-8H2,1-2H3/t11-,13-/m1/s1. The van der Waals surface area contributed by atoms with Gasteiger partial charge >= 0.3 is 0 Å². The molecule has 108 valence electrons. The quantitative estimate of drug-likeness (QED) is 0.774. The van der Waals surface area contributed by atoms with Gasteiger partial charge in [-0.2, -0.15) is 0 Å². The summed E-state index contributed by atoms with van der Waals surface area (Å²) in [5.74, 6) is 1.14. The minimum absolute atomic E-state index is 0.0158. The number of thiocarbonyl (C=S) groups is 1. The predicted octanol–water partition coefficient (Wildman–Crippen LogP) is 2.09. The fourth-order valence-corrected chi connectivity index (χ4v) is 7.82. The zero-order valence-electron chi connectivity index (χ0n) is 11.2. The fraction of sp³-hybridized carbons (Fsp3) is 0.462. The van der Waals surface area contributed by atoms with E-state index in [4.69, 9.17) is 17.0 Å². The number of fused-ring (bicyclic) bond motifs is 1. The molecule has 2 atom stereocenters. The number of hydrogen-bond donors (Lipinski definition) is 0. The number of rotatable bonds is 2. The van der Waals surface area contributed by atoms with E-state index in [2.05, 4.69) is 0 Å². The van der Waals surface area contributed by atoms with Crippen LogP contribution in [0.2, 0.25) is 0 Å². The van der Waals surface area contributed by atoms with Crippen LogP contribution >= 0.6 is 24.0 Å². The molecule has 0 aliphatic carbocycles. The van der Waals surface area contributed by atoms with E-state index in [9.17, 15) is 8.42 Å². The summed E-state index contributed by atoms with van der Waals surface area (Å²) in [5, 5.41) is 0.0158. The summed E-state index contributed by atoms with van der Waals surface area (Å²) in [6, 6.07) is 7.57. The van der Waals surface area contributed by atoms with E-state index in [1.807, 2.05) is 36.1 Å². The van der Waals surface area contributed by atoms with Gasteiger partial charge in [-0.15, -0.1) is 0 Å². The molecule has 2 saturated heterocycles. The highest BCUT2D eigenvalue weighted by molar-refractivity contribution is 8.24. The highest BCUT2D eigenvalue weighted by atomic mass is 32.2. The van der Waals surface area contributed by atoms with Crippen LogP contribution in [0.4, 0.5) is 5.69 Å².